The quantitative estimate of drug-likeness (QED) is 0.803. The van der Waals surface area contributed by atoms with Crippen molar-refractivity contribution in [3.8, 4) is 0 Å². The molecule has 2 heterocycles. The fourth-order valence-corrected chi connectivity index (χ4v) is 1.69. The zero-order chi connectivity index (χ0) is 12.1. The number of aromatic nitrogens is 4. The molecule has 0 aliphatic carbocycles. The summed E-state index contributed by atoms with van der Waals surface area (Å²) in [7, 11) is 0. The number of pyridine rings is 1. The highest BCUT2D eigenvalue weighted by molar-refractivity contribution is 7.99. The van der Waals surface area contributed by atoms with Gasteiger partial charge in [0, 0.05) is 6.20 Å². The number of thioether (sulfide) groups is 1. The summed E-state index contributed by atoms with van der Waals surface area (Å²) in [5.74, 6) is 0.900. The minimum Gasteiger partial charge on any atom is -0.289 e. The predicted octanol–water partition coefficient (Wildman–Crippen LogP) is 1.56. The lowest BCUT2D eigenvalue weighted by molar-refractivity contribution is 0.102. The van der Waals surface area contributed by atoms with E-state index in [1.807, 2.05) is 6.92 Å². The molecule has 0 aliphatic rings. The normalized spacial score (nSPS) is 10.2. The summed E-state index contributed by atoms with van der Waals surface area (Å²) in [6.07, 6.45) is 1.56. The van der Waals surface area contributed by atoms with Crippen molar-refractivity contribution < 1.29 is 4.79 Å². The SMILES string of the molecule is CCSc1n[nH]c(NC(=O)c2ccccn2)n1. The Balaban J connectivity index is 2.03. The molecule has 88 valence electrons. The largest absolute Gasteiger partial charge is 0.289 e. The minimum absolute atomic E-state index is 0.310. The van der Waals surface area contributed by atoms with Crippen LogP contribution in [0.15, 0.2) is 29.6 Å². The number of anilines is 1. The molecule has 0 spiro atoms. The maximum Gasteiger partial charge on any atom is 0.276 e. The molecular weight excluding hydrogens is 238 g/mol. The van der Waals surface area contributed by atoms with Crippen molar-refractivity contribution in [2.45, 2.75) is 12.1 Å². The second kappa shape index (κ2) is 5.44. The van der Waals surface area contributed by atoms with Gasteiger partial charge in [-0.2, -0.15) is 4.98 Å². The Hall–Kier alpha value is -1.89. The molecule has 0 unspecified atom stereocenters. The molecule has 0 saturated heterocycles. The summed E-state index contributed by atoms with van der Waals surface area (Å²) in [6.45, 7) is 2.01. The second-order valence-electron chi connectivity index (χ2n) is 3.07. The smallest absolute Gasteiger partial charge is 0.276 e. The third kappa shape index (κ3) is 3.04. The molecule has 1 amide bonds. The van der Waals surface area contributed by atoms with E-state index in [1.165, 1.54) is 11.8 Å². The maximum absolute atomic E-state index is 11.7. The van der Waals surface area contributed by atoms with E-state index in [-0.39, 0.29) is 5.91 Å². The first-order chi connectivity index (χ1) is 8.29. The highest BCUT2D eigenvalue weighted by atomic mass is 32.2. The van der Waals surface area contributed by atoms with Gasteiger partial charge in [0.25, 0.3) is 5.91 Å². The monoisotopic (exact) mass is 249 g/mol. The number of amides is 1. The molecule has 6 nitrogen and oxygen atoms in total. The van der Waals surface area contributed by atoms with Gasteiger partial charge in [-0.15, -0.1) is 5.10 Å². The van der Waals surface area contributed by atoms with E-state index in [4.69, 9.17) is 0 Å². The molecule has 0 aliphatic heterocycles. The highest BCUT2D eigenvalue weighted by Crippen LogP contribution is 2.13. The molecule has 0 atom stereocenters. The predicted molar refractivity (Wildman–Crippen MR) is 65.0 cm³/mol. The summed E-state index contributed by atoms with van der Waals surface area (Å²) in [4.78, 5) is 19.8. The fraction of sp³-hybridized carbons (Fsp3) is 0.200. The molecular formula is C10H11N5OS. The van der Waals surface area contributed by atoms with Gasteiger partial charge in [0.2, 0.25) is 11.1 Å². The van der Waals surface area contributed by atoms with Gasteiger partial charge in [-0.3, -0.25) is 15.1 Å². The molecule has 2 aromatic heterocycles. The Morgan fingerprint density at radius 2 is 2.41 bits per heavy atom. The molecule has 0 saturated carbocycles. The third-order valence-corrected chi connectivity index (χ3v) is 2.60. The van der Waals surface area contributed by atoms with E-state index in [0.29, 0.717) is 16.8 Å². The fourth-order valence-electron chi connectivity index (χ4n) is 1.16. The van der Waals surface area contributed by atoms with Crippen LogP contribution < -0.4 is 5.32 Å². The van der Waals surface area contributed by atoms with Crippen molar-refractivity contribution >= 4 is 23.6 Å². The molecule has 0 radical (unpaired) electrons. The van der Waals surface area contributed by atoms with Gasteiger partial charge in [-0.05, 0) is 17.9 Å². The minimum atomic E-state index is -0.310. The van der Waals surface area contributed by atoms with E-state index in [9.17, 15) is 4.79 Å². The lowest BCUT2D eigenvalue weighted by atomic mass is 10.3. The van der Waals surface area contributed by atoms with Gasteiger partial charge < -0.3 is 0 Å². The first-order valence-corrected chi connectivity index (χ1v) is 6.05. The Kier molecular flexibility index (Phi) is 3.71. The van der Waals surface area contributed by atoms with Crippen LogP contribution >= 0.6 is 11.8 Å². The van der Waals surface area contributed by atoms with E-state index in [1.54, 1.807) is 24.4 Å². The number of nitrogens with zero attached hydrogens (tertiary/aromatic N) is 3. The van der Waals surface area contributed by atoms with Crippen LogP contribution in [0, 0.1) is 0 Å². The van der Waals surface area contributed by atoms with Crippen molar-refractivity contribution in [3.63, 3.8) is 0 Å². The number of rotatable bonds is 4. The third-order valence-electron chi connectivity index (χ3n) is 1.87. The van der Waals surface area contributed by atoms with Crippen LogP contribution in [-0.4, -0.2) is 31.8 Å². The van der Waals surface area contributed by atoms with Crippen LogP contribution in [-0.2, 0) is 0 Å². The Morgan fingerprint density at radius 3 is 3.12 bits per heavy atom. The molecule has 2 rings (SSSR count). The van der Waals surface area contributed by atoms with Gasteiger partial charge in [-0.25, -0.2) is 5.10 Å². The summed E-state index contributed by atoms with van der Waals surface area (Å²) in [5, 5.41) is 9.80. The number of nitrogens with one attached hydrogen (secondary N) is 2. The number of H-pyrrole nitrogens is 1. The van der Waals surface area contributed by atoms with E-state index >= 15 is 0 Å². The number of hydrogen-bond acceptors (Lipinski definition) is 5. The van der Waals surface area contributed by atoms with E-state index in [2.05, 4.69) is 25.5 Å². The van der Waals surface area contributed by atoms with Crippen molar-refractivity contribution in [2.75, 3.05) is 11.1 Å². The summed E-state index contributed by atoms with van der Waals surface area (Å²) in [6, 6.07) is 5.13. The molecule has 17 heavy (non-hydrogen) atoms. The molecule has 0 fully saturated rings. The standard InChI is InChI=1S/C10H11N5OS/c1-2-17-10-13-9(14-15-10)12-8(16)7-5-3-4-6-11-7/h3-6H,2H2,1H3,(H2,12,13,14,15,16). The Labute approximate surface area is 102 Å². The first-order valence-electron chi connectivity index (χ1n) is 5.07. The topological polar surface area (TPSA) is 83.6 Å². The maximum atomic E-state index is 11.7. The van der Waals surface area contributed by atoms with Gasteiger partial charge >= 0.3 is 0 Å². The number of hydrogen-bond donors (Lipinski definition) is 2. The van der Waals surface area contributed by atoms with Crippen molar-refractivity contribution in [3.05, 3.63) is 30.1 Å². The molecule has 2 aromatic rings. The lowest BCUT2D eigenvalue weighted by Crippen LogP contribution is -2.14. The van der Waals surface area contributed by atoms with Gasteiger partial charge in [0.15, 0.2) is 0 Å². The zero-order valence-electron chi connectivity index (χ0n) is 9.17. The Bertz CT molecular complexity index is 498. The van der Waals surface area contributed by atoms with E-state index in [0.717, 1.165) is 5.75 Å². The molecule has 2 N–H and O–H groups in total. The molecule has 0 aromatic carbocycles. The van der Waals surface area contributed by atoms with Crippen LogP contribution in [0.5, 0.6) is 0 Å². The van der Waals surface area contributed by atoms with Crippen molar-refractivity contribution in [1.29, 1.82) is 0 Å². The Morgan fingerprint density at radius 1 is 1.53 bits per heavy atom. The summed E-state index contributed by atoms with van der Waals surface area (Å²) >= 11 is 1.50. The first kappa shape index (κ1) is 11.6. The average molecular weight is 249 g/mol. The van der Waals surface area contributed by atoms with Gasteiger partial charge in [-0.1, -0.05) is 24.8 Å². The van der Waals surface area contributed by atoms with Crippen LogP contribution in [0.2, 0.25) is 0 Å². The average Bonchev–Trinajstić information content (AvgIpc) is 2.78. The van der Waals surface area contributed by atoms with Crippen LogP contribution in [0.25, 0.3) is 0 Å². The summed E-state index contributed by atoms with van der Waals surface area (Å²) in [5.41, 5.74) is 0.341. The van der Waals surface area contributed by atoms with Crippen molar-refractivity contribution in [2.24, 2.45) is 0 Å². The highest BCUT2D eigenvalue weighted by Gasteiger charge is 2.09. The van der Waals surface area contributed by atoms with Crippen LogP contribution in [0.1, 0.15) is 17.4 Å². The van der Waals surface area contributed by atoms with E-state index < -0.39 is 0 Å². The number of carbonyl (C=O) groups is 1. The second-order valence-corrected chi connectivity index (χ2v) is 4.30. The van der Waals surface area contributed by atoms with Gasteiger partial charge in [0.05, 0.1) is 0 Å². The lowest BCUT2D eigenvalue weighted by Gasteiger charge is -1.99. The van der Waals surface area contributed by atoms with Crippen LogP contribution in [0.3, 0.4) is 0 Å². The van der Waals surface area contributed by atoms with Gasteiger partial charge in [0.1, 0.15) is 5.69 Å². The number of carbonyl (C=O) groups excluding carboxylic acids is 1. The summed E-state index contributed by atoms with van der Waals surface area (Å²) < 4.78 is 0. The molecule has 0 bridgehead atoms. The van der Waals surface area contributed by atoms with Crippen molar-refractivity contribution in [1.82, 2.24) is 20.2 Å². The molecule has 7 heteroatoms. The number of aromatic amines is 1. The van der Waals surface area contributed by atoms with Crippen LogP contribution in [0.4, 0.5) is 5.95 Å². The zero-order valence-corrected chi connectivity index (χ0v) is 9.99.